The smallest absolute Gasteiger partial charge is 0.271 e. The minimum absolute atomic E-state index is 0.0749. The van der Waals surface area contributed by atoms with Crippen LogP contribution in [0, 0.1) is 17.0 Å². The predicted molar refractivity (Wildman–Crippen MR) is 111 cm³/mol. The van der Waals surface area contributed by atoms with Crippen molar-refractivity contribution in [1.82, 2.24) is 10.2 Å². The van der Waals surface area contributed by atoms with Gasteiger partial charge < -0.3 is 10.6 Å². The number of aromatic nitrogens is 2. The number of aryl methyl sites for hydroxylation is 1. The fourth-order valence-electron chi connectivity index (χ4n) is 2.28. The number of nitrogens with zero attached hydrogens (tertiary/aromatic N) is 3. The topological polar surface area (TPSA) is 110 Å². The number of amides is 1. The molecule has 1 heterocycles. The molecule has 3 rings (SSSR count). The Morgan fingerprint density at radius 1 is 1.21 bits per heavy atom. The van der Waals surface area contributed by atoms with Crippen LogP contribution in [0.25, 0.3) is 0 Å². The Labute approximate surface area is 169 Å². The first-order valence-electron chi connectivity index (χ1n) is 8.30. The number of nitro benzene ring substituents is 1. The molecule has 3 aromatic rings. The Balaban J connectivity index is 1.60. The molecule has 0 radical (unpaired) electrons. The van der Waals surface area contributed by atoms with Gasteiger partial charge in [0, 0.05) is 23.5 Å². The van der Waals surface area contributed by atoms with Gasteiger partial charge in [-0.05, 0) is 31.5 Å². The summed E-state index contributed by atoms with van der Waals surface area (Å²) in [6, 6.07) is 13.7. The van der Waals surface area contributed by atoms with Gasteiger partial charge in [0.2, 0.25) is 11.0 Å². The minimum atomic E-state index is -0.502. The quantitative estimate of drug-likeness (QED) is 0.329. The van der Waals surface area contributed by atoms with Gasteiger partial charge in [0.1, 0.15) is 0 Å². The summed E-state index contributed by atoms with van der Waals surface area (Å²) >= 11 is 2.63. The number of benzene rings is 2. The van der Waals surface area contributed by atoms with Crippen LogP contribution in [0.2, 0.25) is 0 Å². The monoisotopic (exact) mass is 415 g/mol. The van der Waals surface area contributed by atoms with Crippen LogP contribution in [0.1, 0.15) is 12.5 Å². The third-order valence-electron chi connectivity index (χ3n) is 3.76. The number of para-hydroxylation sites is 1. The van der Waals surface area contributed by atoms with Crippen LogP contribution in [0.4, 0.5) is 22.2 Å². The van der Waals surface area contributed by atoms with E-state index in [1.54, 1.807) is 13.0 Å². The summed E-state index contributed by atoms with van der Waals surface area (Å²) in [6.07, 6.45) is 0. The molecular formula is C18H17N5O3S2. The molecule has 2 N–H and O–H groups in total. The summed E-state index contributed by atoms with van der Waals surface area (Å²) < 4.78 is 0.651. The third kappa shape index (κ3) is 5.05. The first-order valence-corrected chi connectivity index (χ1v) is 10.00. The number of hydrogen-bond donors (Lipinski definition) is 2. The van der Waals surface area contributed by atoms with E-state index in [2.05, 4.69) is 20.8 Å². The van der Waals surface area contributed by atoms with E-state index in [4.69, 9.17) is 0 Å². The van der Waals surface area contributed by atoms with Crippen LogP contribution in [-0.4, -0.2) is 26.3 Å². The number of hydrogen-bond acceptors (Lipinski definition) is 8. The zero-order chi connectivity index (χ0) is 20.1. The standard InChI is InChI=1S/C18H17N5O3S2/c1-11-6-3-4-9-15(11)20-17-21-22-18(28-17)27-12(2)16(24)19-13-7-5-8-14(10-13)23(25)26/h3-10,12H,1-2H3,(H,19,24)(H,20,21)/t12-/m1/s1. The molecule has 0 unspecified atom stereocenters. The Bertz CT molecular complexity index is 1010. The van der Waals surface area contributed by atoms with Crippen LogP contribution < -0.4 is 10.6 Å². The molecule has 28 heavy (non-hydrogen) atoms. The number of anilines is 3. The van der Waals surface area contributed by atoms with E-state index in [9.17, 15) is 14.9 Å². The van der Waals surface area contributed by atoms with Crippen molar-refractivity contribution in [2.75, 3.05) is 10.6 Å². The van der Waals surface area contributed by atoms with Crippen molar-refractivity contribution in [3.63, 3.8) is 0 Å². The van der Waals surface area contributed by atoms with Crippen molar-refractivity contribution in [1.29, 1.82) is 0 Å². The minimum Gasteiger partial charge on any atom is -0.330 e. The average molecular weight is 416 g/mol. The maximum absolute atomic E-state index is 12.4. The Morgan fingerprint density at radius 2 is 2.00 bits per heavy atom. The van der Waals surface area contributed by atoms with E-state index in [-0.39, 0.29) is 11.6 Å². The molecule has 1 aromatic heterocycles. The Hall–Kier alpha value is -2.98. The van der Waals surface area contributed by atoms with Gasteiger partial charge in [-0.1, -0.05) is 47.4 Å². The summed E-state index contributed by atoms with van der Waals surface area (Å²) in [5.74, 6) is -0.269. The lowest BCUT2D eigenvalue weighted by Crippen LogP contribution is -2.22. The molecule has 10 heteroatoms. The van der Waals surface area contributed by atoms with Gasteiger partial charge in [0.15, 0.2) is 4.34 Å². The summed E-state index contributed by atoms with van der Waals surface area (Å²) in [7, 11) is 0. The van der Waals surface area contributed by atoms with Gasteiger partial charge in [-0.3, -0.25) is 14.9 Å². The normalized spacial score (nSPS) is 11.6. The highest BCUT2D eigenvalue weighted by Gasteiger charge is 2.18. The van der Waals surface area contributed by atoms with Gasteiger partial charge in [-0.25, -0.2) is 0 Å². The lowest BCUT2D eigenvalue weighted by Gasteiger charge is -2.10. The van der Waals surface area contributed by atoms with E-state index in [1.807, 2.05) is 31.2 Å². The molecule has 2 aromatic carbocycles. The van der Waals surface area contributed by atoms with Crippen LogP contribution in [0.3, 0.4) is 0 Å². The molecular weight excluding hydrogens is 398 g/mol. The second kappa shape index (κ2) is 8.81. The van der Waals surface area contributed by atoms with Crippen molar-refractivity contribution < 1.29 is 9.72 Å². The Kier molecular flexibility index (Phi) is 6.22. The Morgan fingerprint density at radius 3 is 2.75 bits per heavy atom. The van der Waals surface area contributed by atoms with Gasteiger partial charge in [0.25, 0.3) is 5.69 Å². The zero-order valence-corrected chi connectivity index (χ0v) is 16.7. The molecule has 0 bridgehead atoms. The number of nitro groups is 1. The number of non-ortho nitro benzene ring substituents is 1. The summed E-state index contributed by atoms with van der Waals surface area (Å²) in [6.45, 7) is 3.74. The number of rotatable bonds is 7. The summed E-state index contributed by atoms with van der Waals surface area (Å²) in [5.41, 5.74) is 2.35. The second-order valence-electron chi connectivity index (χ2n) is 5.87. The van der Waals surface area contributed by atoms with Gasteiger partial charge in [-0.15, -0.1) is 10.2 Å². The molecule has 0 spiro atoms. The van der Waals surface area contributed by atoms with E-state index in [0.29, 0.717) is 15.2 Å². The highest BCUT2D eigenvalue weighted by Crippen LogP contribution is 2.31. The van der Waals surface area contributed by atoms with Crippen molar-refractivity contribution in [3.8, 4) is 0 Å². The maximum atomic E-state index is 12.4. The average Bonchev–Trinajstić information content (AvgIpc) is 3.10. The maximum Gasteiger partial charge on any atom is 0.271 e. The van der Waals surface area contributed by atoms with Crippen molar-refractivity contribution in [3.05, 3.63) is 64.2 Å². The number of nitrogens with one attached hydrogen (secondary N) is 2. The highest BCUT2D eigenvalue weighted by atomic mass is 32.2. The molecule has 0 saturated carbocycles. The third-order valence-corrected chi connectivity index (χ3v) is 5.79. The summed E-state index contributed by atoms with van der Waals surface area (Å²) in [5, 5.41) is 25.2. The van der Waals surface area contributed by atoms with Crippen molar-refractivity contribution in [2.45, 2.75) is 23.4 Å². The van der Waals surface area contributed by atoms with Crippen molar-refractivity contribution in [2.24, 2.45) is 0 Å². The van der Waals surface area contributed by atoms with Crippen molar-refractivity contribution >= 4 is 51.2 Å². The van der Waals surface area contributed by atoms with E-state index in [1.165, 1.54) is 41.3 Å². The van der Waals surface area contributed by atoms with Crippen LogP contribution in [0.15, 0.2) is 52.9 Å². The van der Waals surface area contributed by atoms with Gasteiger partial charge >= 0.3 is 0 Å². The molecule has 0 aliphatic heterocycles. The summed E-state index contributed by atoms with van der Waals surface area (Å²) in [4.78, 5) is 22.7. The van der Waals surface area contributed by atoms with Crippen LogP contribution in [0.5, 0.6) is 0 Å². The fraction of sp³-hybridized carbons (Fsp3) is 0.167. The zero-order valence-electron chi connectivity index (χ0n) is 15.1. The molecule has 0 fully saturated rings. The van der Waals surface area contributed by atoms with Gasteiger partial charge in [-0.2, -0.15) is 0 Å². The van der Waals surface area contributed by atoms with E-state index in [0.717, 1.165) is 11.3 Å². The number of carbonyl (C=O) groups excluding carboxylic acids is 1. The number of thioether (sulfide) groups is 1. The molecule has 144 valence electrons. The molecule has 0 saturated heterocycles. The van der Waals surface area contributed by atoms with Gasteiger partial charge in [0.05, 0.1) is 10.2 Å². The molecule has 1 amide bonds. The first kappa shape index (κ1) is 19.8. The molecule has 8 nitrogen and oxygen atoms in total. The van der Waals surface area contributed by atoms with Crippen LogP contribution in [-0.2, 0) is 4.79 Å². The fourth-order valence-corrected chi connectivity index (χ4v) is 4.19. The van der Waals surface area contributed by atoms with E-state index < -0.39 is 10.2 Å². The predicted octanol–water partition coefficient (Wildman–Crippen LogP) is 4.62. The SMILES string of the molecule is Cc1ccccc1Nc1nnc(S[C@H](C)C(=O)Nc2cccc([N+](=O)[O-])c2)s1. The first-order chi connectivity index (χ1) is 13.4. The van der Waals surface area contributed by atoms with Crippen LogP contribution >= 0.6 is 23.1 Å². The molecule has 0 aliphatic rings. The van der Waals surface area contributed by atoms with E-state index >= 15 is 0 Å². The molecule has 1 atom stereocenters. The molecule has 0 aliphatic carbocycles. The highest BCUT2D eigenvalue weighted by molar-refractivity contribution is 8.02. The second-order valence-corrected chi connectivity index (χ2v) is 8.44. The number of carbonyl (C=O) groups is 1. The lowest BCUT2D eigenvalue weighted by molar-refractivity contribution is -0.384. The lowest BCUT2D eigenvalue weighted by atomic mass is 10.2. The largest absolute Gasteiger partial charge is 0.330 e.